The average Bonchev–Trinajstić information content (AvgIpc) is 2.53. The fraction of sp³-hybridized carbons (Fsp3) is 0.611. The fourth-order valence-electron chi connectivity index (χ4n) is 3.41. The van der Waals surface area contributed by atoms with Gasteiger partial charge in [0, 0.05) is 5.92 Å². The number of rotatable bonds is 5. The van der Waals surface area contributed by atoms with Crippen molar-refractivity contribution < 1.29 is 4.79 Å². The summed E-state index contributed by atoms with van der Waals surface area (Å²) in [6.07, 6.45) is 5.60. The molecule has 0 spiro atoms. The Balaban J connectivity index is 2.09. The molecular formula is C18H28N2O. The minimum Gasteiger partial charge on any atom is -0.340 e. The topological polar surface area (TPSA) is 32.3 Å². The van der Waals surface area contributed by atoms with Crippen LogP contribution in [0.4, 0.5) is 0 Å². The summed E-state index contributed by atoms with van der Waals surface area (Å²) < 4.78 is 0. The van der Waals surface area contributed by atoms with Crippen molar-refractivity contribution in [3.05, 3.63) is 35.9 Å². The van der Waals surface area contributed by atoms with Crippen LogP contribution in [0.3, 0.4) is 0 Å². The summed E-state index contributed by atoms with van der Waals surface area (Å²) in [5, 5.41) is 3.22. The van der Waals surface area contributed by atoms with E-state index in [1.165, 1.54) is 18.4 Å². The third-order valence-electron chi connectivity index (χ3n) is 4.65. The lowest BCUT2D eigenvalue weighted by Gasteiger charge is -2.33. The lowest BCUT2D eigenvalue weighted by atomic mass is 9.75. The molecule has 0 bridgehead atoms. The van der Waals surface area contributed by atoms with Gasteiger partial charge in [0.15, 0.2) is 0 Å². The van der Waals surface area contributed by atoms with E-state index in [2.05, 4.69) is 41.4 Å². The Morgan fingerprint density at radius 2 is 1.90 bits per heavy atom. The first-order valence-electron chi connectivity index (χ1n) is 8.15. The third kappa shape index (κ3) is 4.07. The summed E-state index contributed by atoms with van der Waals surface area (Å²) in [5.41, 5.74) is 1.32. The lowest BCUT2D eigenvalue weighted by molar-refractivity contribution is -0.128. The molecular weight excluding hydrogens is 260 g/mol. The number of hydrogen-bond donors (Lipinski definition) is 1. The van der Waals surface area contributed by atoms with Gasteiger partial charge in [-0.3, -0.25) is 9.69 Å². The molecule has 1 saturated carbocycles. The first-order valence-corrected chi connectivity index (χ1v) is 8.15. The molecule has 1 N–H and O–H groups in total. The largest absolute Gasteiger partial charge is 0.340 e. The smallest absolute Gasteiger partial charge is 0.224 e. The molecule has 1 aliphatic carbocycles. The highest BCUT2D eigenvalue weighted by molar-refractivity contribution is 5.80. The molecule has 3 atom stereocenters. The molecule has 1 amide bonds. The van der Waals surface area contributed by atoms with Crippen molar-refractivity contribution >= 4 is 5.91 Å². The maximum Gasteiger partial charge on any atom is 0.224 e. The van der Waals surface area contributed by atoms with Crippen LogP contribution in [0.25, 0.3) is 0 Å². The molecule has 3 unspecified atom stereocenters. The van der Waals surface area contributed by atoms with Crippen LogP contribution in [0.15, 0.2) is 30.3 Å². The normalized spacial score (nSPS) is 23.8. The van der Waals surface area contributed by atoms with Crippen LogP contribution in [0.5, 0.6) is 0 Å². The van der Waals surface area contributed by atoms with Crippen molar-refractivity contribution in [1.29, 1.82) is 0 Å². The van der Waals surface area contributed by atoms with Crippen molar-refractivity contribution in [2.24, 2.45) is 5.92 Å². The Morgan fingerprint density at radius 1 is 1.24 bits per heavy atom. The van der Waals surface area contributed by atoms with Crippen LogP contribution in [-0.4, -0.2) is 31.1 Å². The second-order valence-electron chi connectivity index (χ2n) is 6.30. The molecule has 3 heteroatoms. The molecule has 0 radical (unpaired) electrons. The number of nitrogens with zero attached hydrogens (tertiary/aromatic N) is 1. The van der Waals surface area contributed by atoms with Gasteiger partial charge in [-0.25, -0.2) is 0 Å². The molecule has 21 heavy (non-hydrogen) atoms. The second-order valence-corrected chi connectivity index (χ2v) is 6.30. The number of carbonyl (C=O) groups excluding carboxylic acids is 1. The number of amides is 1. The zero-order chi connectivity index (χ0) is 15.2. The summed E-state index contributed by atoms with van der Waals surface area (Å²) in [6.45, 7) is 2.11. The highest BCUT2D eigenvalue weighted by atomic mass is 16.2. The Bertz CT molecular complexity index is 444. The van der Waals surface area contributed by atoms with Crippen molar-refractivity contribution in [3.8, 4) is 0 Å². The maximum absolute atomic E-state index is 12.7. The number of benzene rings is 1. The first kappa shape index (κ1) is 16.0. The van der Waals surface area contributed by atoms with Crippen molar-refractivity contribution in [2.45, 2.75) is 51.1 Å². The van der Waals surface area contributed by atoms with Gasteiger partial charge in [0.05, 0.1) is 6.17 Å². The quantitative estimate of drug-likeness (QED) is 0.843. The fourth-order valence-corrected chi connectivity index (χ4v) is 3.41. The SMILES string of the molecule is CCC(NC(=O)C1CCCCC1c1ccccc1)N(C)C. The first-order chi connectivity index (χ1) is 10.1. The van der Waals surface area contributed by atoms with E-state index in [1.807, 2.05) is 20.2 Å². The molecule has 1 aliphatic rings. The molecule has 3 nitrogen and oxygen atoms in total. The summed E-state index contributed by atoms with van der Waals surface area (Å²) >= 11 is 0. The predicted molar refractivity (Wildman–Crippen MR) is 87.0 cm³/mol. The molecule has 1 fully saturated rings. The summed E-state index contributed by atoms with van der Waals surface area (Å²) in [7, 11) is 4.04. The van der Waals surface area contributed by atoms with Crippen LogP contribution in [0.1, 0.15) is 50.5 Å². The number of carbonyl (C=O) groups is 1. The zero-order valence-corrected chi connectivity index (χ0v) is 13.5. The van der Waals surface area contributed by atoms with Crippen molar-refractivity contribution in [1.82, 2.24) is 10.2 Å². The van der Waals surface area contributed by atoms with Crippen LogP contribution < -0.4 is 5.32 Å². The lowest BCUT2D eigenvalue weighted by Crippen LogP contribution is -2.47. The Morgan fingerprint density at radius 3 is 2.52 bits per heavy atom. The molecule has 0 saturated heterocycles. The van der Waals surface area contributed by atoms with E-state index in [1.54, 1.807) is 0 Å². The van der Waals surface area contributed by atoms with Crippen LogP contribution in [0.2, 0.25) is 0 Å². The van der Waals surface area contributed by atoms with Gasteiger partial charge in [0.2, 0.25) is 5.91 Å². The summed E-state index contributed by atoms with van der Waals surface area (Å²) in [5.74, 6) is 0.721. The Labute approximate surface area is 128 Å². The maximum atomic E-state index is 12.7. The molecule has 0 heterocycles. The zero-order valence-electron chi connectivity index (χ0n) is 13.5. The van der Waals surface area contributed by atoms with Gasteiger partial charge in [0.1, 0.15) is 0 Å². The van der Waals surface area contributed by atoms with Crippen molar-refractivity contribution in [3.63, 3.8) is 0 Å². The van der Waals surface area contributed by atoms with E-state index in [4.69, 9.17) is 0 Å². The van der Waals surface area contributed by atoms with E-state index in [0.717, 1.165) is 19.3 Å². The Hall–Kier alpha value is -1.35. The summed E-state index contributed by atoms with van der Waals surface area (Å²) in [4.78, 5) is 14.8. The van der Waals surface area contributed by atoms with Gasteiger partial charge >= 0.3 is 0 Å². The van der Waals surface area contributed by atoms with Crippen molar-refractivity contribution in [2.75, 3.05) is 14.1 Å². The Kier molecular flexibility index (Phi) is 5.80. The van der Waals surface area contributed by atoms with Gasteiger partial charge in [-0.2, -0.15) is 0 Å². The van der Waals surface area contributed by atoms with E-state index in [9.17, 15) is 4.79 Å². The van der Waals surface area contributed by atoms with Crippen LogP contribution in [-0.2, 0) is 4.79 Å². The van der Waals surface area contributed by atoms with Crippen LogP contribution in [0, 0.1) is 5.92 Å². The number of nitrogens with one attached hydrogen (secondary N) is 1. The molecule has 0 aromatic heterocycles. The van der Waals surface area contributed by atoms with Gasteiger partial charge in [-0.1, -0.05) is 50.1 Å². The molecule has 1 aromatic carbocycles. The highest BCUT2D eigenvalue weighted by Crippen LogP contribution is 2.37. The molecule has 116 valence electrons. The van der Waals surface area contributed by atoms with E-state index in [-0.39, 0.29) is 18.0 Å². The van der Waals surface area contributed by atoms with E-state index >= 15 is 0 Å². The van der Waals surface area contributed by atoms with E-state index in [0.29, 0.717) is 5.92 Å². The standard InChI is InChI=1S/C18H28N2O/c1-4-17(20(2)3)19-18(21)16-13-9-8-12-15(16)14-10-6-5-7-11-14/h5-7,10-11,15-17H,4,8-9,12-13H2,1-3H3,(H,19,21). The monoisotopic (exact) mass is 288 g/mol. The van der Waals surface area contributed by atoms with Crippen LogP contribution >= 0.6 is 0 Å². The second kappa shape index (κ2) is 7.60. The highest BCUT2D eigenvalue weighted by Gasteiger charge is 2.32. The molecule has 1 aromatic rings. The van der Waals surface area contributed by atoms with Gasteiger partial charge in [-0.05, 0) is 44.8 Å². The molecule has 2 rings (SSSR count). The average molecular weight is 288 g/mol. The predicted octanol–water partition coefficient (Wildman–Crippen LogP) is 3.37. The molecule has 0 aliphatic heterocycles. The summed E-state index contributed by atoms with van der Waals surface area (Å²) in [6, 6.07) is 10.5. The number of hydrogen-bond acceptors (Lipinski definition) is 2. The third-order valence-corrected chi connectivity index (χ3v) is 4.65. The van der Waals surface area contributed by atoms with Gasteiger partial charge in [-0.15, -0.1) is 0 Å². The minimum atomic E-state index is 0.121. The van der Waals surface area contributed by atoms with Gasteiger partial charge < -0.3 is 5.32 Å². The minimum absolute atomic E-state index is 0.121. The van der Waals surface area contributed by atoms with Gasteiger partial charge in [0.25, 0.3) is 0 Å². The van der Waals surface area contributed by atoms with E-state index < -0.39 is 0 Å².